The van der Waals surface area contributed by atoms with E-state index >= 15 is 0 Å². The average molecular weight is 321 g/mol. The van der Waals surface area contributed by atoms with Gasteiger partial charge in [-0.2, -0.15) is 0 Å². The summed E-state index contributed by atoms with van der Waals surface area (Å²) >= 11 is 0. The molecular formula is C15H19N3O3S. The highest BCUT2D eigenvalue weighted by Crippen LogP contribution is 2.51. The lowest BCUT2D eigenvalue weighted by molar-refractivity contribution is 0.325. The molecule has 4 atom stereocenters. The molecule has 2 unspecified atom stereocenters. The number of hydrogen-bond acceptors (Lipinski definition) is 5. The number of aliphatic imine (C=N–C) groups is 1. The van der Waals surface area contributed by atoms with E-state index in [0.29, 0.717) is 17.7 Å². The van der Waals surface area contributed by atoms with Crippen LogP contribution in [0.1, 0.15) is 37.3 Å². The van der Waals surface area contributed by atoms with E-state index in [9.17, 15) is 13.2 Å². The summed E-state index contributed by atoms with van der Waals surface area (Å²) in [6.07, 6.45) is 7.32. The van der Waals surface area contributed by atoms with Gasteiger partial charge in [0.25, 0.3) is 5.56 Å². The lowest BCUT2D eigenvalue weighted by atomic mass is 9.94. The lowest BCUT2D eigenvalue weighted by Gasteiger charge is -2.30. The molecule has 7 heteroatoms. The Balaban J connectivity index is 1.81. The van der Waals surface area contributed by atoms with E-state index in [0.717, 1.165) is 24.7 Å². The molecule has 0 amide bonds. The van der Waals surface area contributed by atoms with E-state index < -0.39 is 15.3 Å². The zero-order valence-electron chi connectivity index (χ0n) is 12.4. The molecule has 2 aliphatic carbocycles. The summed E-state index contributed by atoms with van der Waals surface area (Å²) in [4.78, 5) is 16.5. The van der Waals surface area contributed by atoms with Crippen molar-refractivity contribution in [1.82, 2.24) is 4.57 Å². The van der Waals surface area contributed by atoms with Gasteiger partial charge in [0, 0.05) is 30.1 Å². The molecule has 1 aromatic heterocycles. The lowest BCUT2D eigenvalue weighted by Crippen LogP contribution is -2.37. The molecule has 1 N–H and O–H groups in total. The van der Waals surface area contributed by atoms with Gasteiger partial charge in [0.05, 0.1) is 0 Å². The number of rotatable bonds is 2. The van der Waals surface area contributed by atoms with Crippen LogP contribution >= 0.6 is 0 Å². The maximum Gasteiger partial charge on any atom is 0.252 e. The third-order valence-corrected chi connectivity index (χ3v) is 6.26. The van der Waals surface area contributed by atoms with E-state index in [1.807, 2.05) is 0 Å². The number of fused-ring (bicyclic) bond motifs is 3. The van der Waals surface area contributed by atoms with Gasteiger partial charge < -0.3 is 5.32 Å². The first-order valence-electron chi connectivity index (χ1n) is 7.67. The highest BCUT2D eigenvalue weighted by molar-refractivity contribution is 7.91. The molecule has 0 spiro atoms. The first-order valence-corrected chi connectivity index (χ1v) is 9.63. The highest BCUT2D eigenvalue weighted by Gasteiger charge is 2.42. The van der Waals surface area contributed by atoms with Crippen molar-refractivity contribution < 1.29 is 8.42 Å². The Morgan fingerprint density at radius 2 is 2.09 bits per heavy atom. The number of nitrogens with zero attached hydrogens (tertiary/aromatic N) is 2. The molecule has 3 aliphatic rings. The molecule has 0 radical (unpaired) electrons. The molecule has 2 fully saturated rings. The Labute approximate surface area is 129 Å². The van der Waals surface area contributed by atoms with Crippen LogP contribution in [0.25, 0.3) is 0 Å². The Hall–Kier alpha value is -1.63. The van der Waals surface area contributed by atoms with Gasteiger partial charge in [0.2, 0.25) is 5.50 Å². The minimum atomic E-state index is -3.36. The molecule has 0 aromatic carbocycles. The van der Waals surface area contributed by atoms with Crippen molar-refractivity contribution in [2.75, 3.05) is 11.6 Å². The summed E-state index contributed by atoms with van der Waals surface area (Å²) < 4.78 is 25.3. The van der Waals surface area contributed by atoms with Gasteiger partial charge in [-0.3, -0.25) is 14.4 Å². The second kappa shape index (κ2) is 4.68. The molecule has 2 heterocycles. The Kier molecular flexibility index (Phi) is 2.98. The van der Waals surface area contributed by atoms with Gasteiger partial charge in [-0.05, 0) is 37.2 Å². The first-order chi connectivity index (χ1) is 10.4. The number of anilines is 1. The smallest absolute Gasteiger partial charge is 0.252 e. The highest BCUT2D eigenvalue weighted by atomic mass is 32.2. The van der Waals surface area contributed by atoms with Crippen molar-refractivity contribution in [3.63, 3.8) is 0 Å². The van der Waals surface area contributed by atoms with Gasteiger partial charge >= 0.3 is 0 Å². The van der Waals surface area contributed by atoms with E-state index in [4.69, 9.17) is 0 Å². The van der Waals surface area contributed by atoms with E-state index in [-0.39, 0.29) is 11.6 Å². The second-order valence-corrected chi connectivity index (χ2v) is 8.80. The molecular weight excluding hydrogens is 302 g/mol. The fourth-order valence-electron chi connectivity index (χ4n) is 4.20. The van der Waals surface area contributed by atoms with Crippen LogP contribution < -0.4 is 10.9 Å². The molecule has 2 saturated carbocycles. The van der Waals surface area contributed by atoms with E-state index in [2.05, 4.69) is 10.3 Å². The summed E-state index contributed by atoms with van der Waals surface area (Å²) in [5.41, 5.74) is -0.291. The average Bonchev–Trinajstić information content (AvgIpc) is 3.08. The van der Waals surface area contributed by atoms with Crippen molar-refractivity contribution in [1.29, 1.82) is 0 Å². The molecule has 0 saturated heterocycles. The van der Waals surface area contributed by atoms with Crippen LogP contribution in [0.2, 0.25) is 0 Å². The maximum absolute atomic E-state index is 12.4. The second-order valence-electron chi connectivity index (χ2n) is 6.69. The Morgan fingerprint density at radius 1 is 1.27 bits per heavy atom. The minimum Gasteiger partial charge on any atom is -0.337 e. The zero-order chi connectivity index (χ0) is 15.5. The van der Waals surface area contributed by atoms with Crippen molar-refractivity contribution in [2.24, 2.45) is 16.8 Å². The van der Waals surface area contributed by atoms with Crippen LogP contribution in [-0.2, 0) is 9.84 Å². The van der Waals surface area contributed by atoms with Crippen LogP contribution in [0.3, 0.4) is 0 Å². The SMILES string of the molecule is CS(=O)(=O)C1N=Cc2ccc(=O)n(C3C[C@@H]4CC[C@H]3C4)c2N1. The fourth-order valence-corrected chi connectivity index (χ4v) is 4.81. The van der Waals surface area contributed by atoms with Crippen molar-refractivity contribution in [2.45, 2.75) is 37.2 Å². The Morgan fingerprint density at radius 3 is 2.73 bits per heavy atom. The van der Waals surface area contributed by atoms with Gasteiger partial charge in [-0.1, -0.05) is 6.42 Å². The van der Waals surface area contributed by atoms with Crippen LogP contribution in [-0.4, -0.2) is 31.0 Å². The third-order valence-electron chi connectivity index (χ3n) is 5.20. The normalized spacial score (nSPS) is 32.8. The first kappa shape index (κ1) is 14.0. The van der Waals surface area contributed by atoms with Gasteiger partial charge in [-0.15, -0.1) is 0 Å². The number of aromatic nitrogens is 1. The number of hydrogen-bond donors (Lipinski definition) is 1. The quantitative estimate of drug-likeness (QED) is 0.892. The van der Waals surface area contributed by atoms with Crippen molar-refractivity contribution >= 4 is 21.9 Å². The number of sulfone groups is 1. The van der Waals surface area contributed by atoms with Gasteiger partial charge in [0.1, 0.15) is 5.82 Å². The molecule has 1 aromatic rings. The predicted molar refractivity (Wildman–Crippen MR) is 85.0 cm³/mol. The van der Waals surface area contributed by atoms with Crippen LogP contribution in [0.5, 0.6) is 0 Å². The number of nitrogens with one attached hydrogen (secondary N) is 1. The predicted octanol–water partition coefficient (Wildman–Crippen LogP) is 1.38. The molecule has 118 valence electrons. The molecule has 2 bridgehead atoms. The topological polar surface area (TPSA) is 80.5 Å². The third kappa shape index (κ3) is 2.10. The maximum atomic E-state index is 12.4. The Bertz CT molecular complexity index is 812. The van der Waals surface area contributed by atoms with E-state index in [1.54, 1.807) is 22.9 Å². The minimum absolute atomic E-state index is 0.0636. The molecule has 4 rings (SSSR count). The van der Waals surface area contributed by atoms with E-state index in [1.165, 1.54) is 12.8 Å². The van der Waals surface area contributed by atoms with Gasteiger partial charge in [-0.25, -0.2) is 8.42 Å². The summed E-state index contributed by atoms with van der Waals surface area (Å²) in [6, 6.07) is 3.44. The summed E-state index contributed by atoms with van der Waals surface area (Å²) in [5, 5.41) is 2.96. The van der Waals surface area contributed by atoms with Crippen LogP contribution in [0.4, 0.5) is 5.82 Å². The summed E-state index contributed by atoms with van der Waals surface area (Å²) in [6.45, 7) is 0. The largest absolute Gasteiger partial charge is 0.337 e. The van der Waals surface area contributed by atoms with Gasteiger partial charge in [0.15, 0.2) is 9.84 Å². The van der Waals surface area contributed by atoms with Crippen LogP contribution in [0, 0.1) is 11.8 Å². The fraction of sp³-hybridized carbons (Fsp3) is 0.600. The standard InChI is InChI=1S/C15H19N3O3S/c1-22(20,21)15-16-8-11-4-5-13(19)18(14(11)17-15)12-7-9-2-3-10(12)6-9/h4-5,8-10,12,15,17H,2-3,6-7H2,1H3/t9-,10+,12?,15?/m1/s1. The van der Waals surface area contributed by atoms with Crippen molar-refractivity contribution in [3.05, 3.63) is 28.0 Å². The zero-order valence-corrected chi connectivity index (χ0v) is 13.2. The monoisotopic (exact) mass is 321 g/mol. The summed E-state index contributed by atoms with van der Waals surface area (Å²) in [5.74, 6) is 1.85. The number of pyridine rings is 1. The molecule has 1 aliphatic heterocycles. The van der Waals surface area contributed by atoms with Crippen LogP contribution in [0.15, 0.2) is 21.9 Å². The molecule has 6 nitrogen and oxygen atoms in total. The summed E-state index contributed by atoms with van der Waals surface area (Å²) in [7, 11) is -3.36. The van der Waals surface area contributed by atoms with Crippen molar-refractivity contribution in [3.8, 4) is 0 Å². The molecule has 22 heavy (non-hydrogen) atoms.